The van der Waals surface area contributed by atoms with Gasteiger partial charge in [-0.3, -0.25) is 0 Å². The Hall–Kier alpha value is -0.120. The van der Waals surface area contributed by atoms with Gasteiger partial charge in [0.25, 0.3) is 0 Å². The summed E-state index contributed by atoms with van der Waals surface area (Å²) in [7, 11) is 0. The molecule has 1 heterocycles. The zero-order chi connectivity index (χ0) is 13.8. The first kappa shape index (κ1) is 15.3. The molecule has 0 bridgehead atoms. The van der Waals surface area contributed by atoms with Gasteiger partial charge in [0.05, 0.1) is 12.2 Å². The summed E-state index contributed by atoms with van der Waals surface area (Å²) in [5, 5.41) is 3.58. The van der Waals surface area contributed by atoms with Gasteiger partial charge in [-0.15, -0.1) is 0 Å². The molecule has 2 fully saturated rings. The van der Waals surface area contributed by atoms with Crippen LogP contribution in [0.25, 0.3) is 0 Å². The van der Waals surface area contributed by atoms with E-state index in [1.165, 1.54) is 32.1 Å². The maximum Gasteiger partial charge on any atom is 0.0694 e. The molecule has 1 aliphatic carbocycles. The Balaban J connectivity index is 1.68. The Bertz CT molecular complexity index is 262. The fourth-order valence-electron chi connectivity index (χ4n) is 2.91. The molecule has 0 atom stereocenters. The highest BCUT2D eigenvalue weighted by molar-refractivity contribution is 4.91. The summed E-state index contributed by atoms with van der Waals surface area (Å²) in [5.41, 5.74) is 0.405. The van der Waals surface area contributed by atoms with Crippen molar-refractivity contribution in [1.29, 1.82) is 0 Å². The molecule has 1 aliphatic heterocycles. The van der Waals surface area contributed by atoms with E-state index in [1.54, 1.807) is 0 Å². The number of rotatable bonds is 6. The summed E-state index contributed by atoms with van der Waals surface area (Å²) in [4.78, 5) is 0. The van der Waals surface area contributed by atoms with Crippen molar-refractivity contribution in [3.8, 4) is 0 Å². The predicted molar refractivity (Wildman–Crippen MR) is 78.4 cm³/mol. The first-order valence-electron chi connectivity index (χ1n) is 7.96. The van der Waals surface area contributed by atoms with Crippen LogP contribution in [0.5, 0.6) is 0 Å². The molecule has 2 rings (SSSR count). The molecule has 0 amide bonds. The molecule has 0 aromatic heterocycles. The summed E-state index contributed by atoms with van der Waals surface area (Å²) < 4.78 is 11.7. The minimum absolute atomic E-state index is 0.191. The minimum atomic E-state index is 0.191. The lowest BCUT2D eigenvalue weighted by molar-refractivity contribution is -0.123. The molecule has 1 saturated carbocycles. The van der Waals surface area contributed by atoms with Gasteiger partial charge in [-0.2, -0.15) is 0 Å². The molecule has 1 saturated heterocycles. The first-order valence-corrected chi connectivity index (χ1v) is 7.96. The van der Waals surface area contributed by atoms with Gasteiger partial charge < -0.3 is 14.8 Å². The van der Waals surface area contributed by atoms with Gasteiger partial charge >= 0.3 is 0 Å². The third-order valence-corrected chi connectivity index (χ3v) is 4.47. The highest BCUT2D eigenvalue weighted by atomic mass is 16.5. The highest BCUT2D eigenvalue weighted by Crippen LogP contribution is 2.39. The van der Waals surface area contributed by atoms with Gasteiger partial charge in [-0.25, -0.2) is 0 Å². The summed E-state index contributed by atoms with van der Waals surface area (Å²) in [6, 6.07) is 0. The van der Waals surface area contributed by atoms with Gasteiger partial charge in [0, 0.05) is 18.8 Å². The van der Waals surface area contributed by atoms with E-state index in [4.69, 9.17) is 9.47 Å². The lowest BCUT2D eigenvalue weighted by Gasteiger charge is -2.43. The molecule has 2 aliphatic rings. The summed E-state index contributed by atoms with van der Waals surface area (Å²) in [6.45, 7) is 10.5. The van der Waals surface area contributed by atoms with Crippen LogP contribution in [0, 0.1) is 5.92 Å². The van der Waals surface area contributed by atoms with Crippen LogP contribution >= 0.6 is 0 Å². The van der Waals surface area contributed by atoms with Crippen molar-refractivity contribution >= 4 is 0 Å². The van der Waals surface area contributed by atoms with E-state index < -0.39 is 0 Å². The molecular formula is C16H31NO2. The number of hydrogen-bond acceptors (Lipinski definition) is 3. The van der Waals surface area contributed by atoms with Gasteiger partial charge in [0.15, 0.2) is 0 Å². The predicted octanol–water partition coefficient (Wildman–Crippen LogP) is 3.13. The third kappa shape index (κ3) is 5.05. The molecule has 112 valence electrons. The molecule has 1 N–H and O–H groups in total. The maximum absolute atomic E-state index is 6.32. The Morgan fingerprint density at radius 1 is 1.21 bits per heavy atom. The number of nitrogens with one attached hydrogen (secondary N) is 1. The van der Waals surface area contributed by atoms with Crippen molar-refractivity contribution in [1.82, 2.24) is 5.32 Å². The van der Waals surface area contributed by atoms with Crippen LogP contribution in [0.3, 0.4) is 0 Å². The third-order valence-electron chi connectivity index (χ3n) is 4.47. The van der Waals surface area contributed by atoms with Crippen molar-refractivity contribution in [3.05, 3.63) is 0 Å². The lowest BCUT2D eigenvalue weighted by Crippen LogP contribution is -2.46. The largest absolute Gasteiger partial charge is 0.381 e. The zero-order valence-electron chi connectivity index (χ0n) is 13.0. The van der Waals surface area contributed by atoms with Crippen LogP contribution < -0.4 is 5.32 Å². The fraction of sp³-hybridized carbons (Fsp3) is 1.00. The topological polar surface area (TPSA) is 30.5 Å². The molecule has 19 heavy (non-hydrogen) atoms. The first-order chi connectivity index (χ1) is 8.99. The molecule has 0 aromatic rings. The second-order valence-electron chi connectivity index (χ2n) is 7.33. The van der Waals surface area contributed by atoms with Gasteiger partial charge in [-0.05, 0) is 71.8 Å². The molecule has 3 nitrogen and oxygen atoms in total. The van der Waals surface area contributed by atoms with Gasteiger partial charge in [0.2, 0.25) is 0 Å². The molecular weight excluding hydrogens is 238 g/mol. The Morgan fingerprint density at radius 2 is 1.89 bits per heavy atom. The van der Waals surface area contributed by atoms with E-state index in [1.807, 2.05) is 0 Å². The molecule has 0 unspecified atom stereocenters. The lowest BCUT2D eigenvalue weighted by atomic mass is 9.77. The minimum Gasteiger partial charge on any atom is -0.381 e. The van der Waals surface area contributed by atoms with E-state index >= 15 is 0 Å². The molecule has 0 aromatic carbocycles. The molecule has 3 heteroatoms. The van der Waals surface area contributed by atoms with Crippen molar-refractivity contribution in [2.24, 2.45) is 5.92 Å². The Morgan fingerprint density at radius 3 is 2.42 bits per heavy atom. The number of ether oxygens (including phenoxy) is 2. The Labute approximate surface area is 118 Å². The number of hydrogen-bond donors (Lipinski definition) is 1. The molecule has 0 radical (unpaired) electrons. The summed E-state index contributed by atoms with van der Waals surface area (Å²) >= 11 is 0. The van der Waals surface area contributed by atoms with E-state index in [-0.39, 0.29) is 11.1 Å². The van der Waals surface area contributed by atoms with Crippen molar-refractivity contribution in [2.45, 2.75) is 70.4 Å². The average Bonchev–Trinajstić information content (AvgIpc) is 2.31. The van der Waals surface area contributed by atoms with Crippen molar-refractivity contribution in [3.63, 3.8) is 0 Å². The maximum atomic E-state index is 6.32. The van der Waals surface area contributed by atoms with Crippen LogP contribution in [-0.4, -0.2) is 37.5 Å². The highest BCUT2D eigenvalue weighted by Gasteiger charge is 2.38. The zero-order valence-corrected chi connectivity index (χ0v) is 13.0. The van der Waals surface area contributed by atoms with Crippen LogP contribution in [0.2, 0.25) is 0 Å². The monoisotopic (exact) mass is 269 g/mol. The van der Waals surface area contributed by atoms with Crippen LogP contribution in [0.1, 0.15) is 59.3 Å². The quantitative estimate of drug-likeness (QED) is 0.803. The second kappa shape index (κ2) is 6.55. The van der Waals surface area contributed by atoms with Crippen LogP contribution in [0.4, 0.5) is 0 Å². The summed E-state index contributed by atoms with van der Waals surface area (Å²) in [5.74, 6) is 0.724. The van der Waals surface area contributed by atoms with Crippen LogP contribution in [-0.2, 0) is 9.47 Å². The van der Waals surface area contributed by atoms with Gasteiger partial charge in [-0.1, -0.05) is 0 Å². The normalized spacial score (nSPS) is 24.2. The van der Waals surface area contributed by atoms with Crippen LogP contribution in [0.15, 0.2) is 0 Å². The Kier molecular flexibility index (Phi) is 5.27. The fourth-order valence-corrected chi connectivity index (χ4v) is 2.91. The smallest absolute Gasteiger partial charge is 0.0694 e. The SMILES string of the molecule is CC(C)(C)NCCC1(OCC2CCOCC2)CCC1. The van der Waals surface area contributed by atoms with E-state index in [0.717, 1.165) is 38.7 Å². The van der Waals surface area contributed by atoms with E-state index in [2.05, 4.69) is 26.1 Å². The van der Waals surface area contributed by atoms with Gasteiger partial charge in [0.1, 0.15) is 0 Å². The van der Waals surface area contributed by atoms with Crippen molar-refractivity contribution < 1.29 is 9.47 Å². The van der Waals surface area contributed by atoms with Crippen molar-refractivity contribution in [2.75, 3.05) is 26.4 Å². The average molecular weight is 269 g/mol. The molecule has 0 spiro atoms. The van der Waals surface area contributed by atoms with E-state index in [9.17, 15) is 0 Å². The summed E-state index contributed by atoms with van der Waals surface area (Å²) in [6.07, 6.45) is 7.35. The standard InChI is InChI=1S/C16H31NO2/c1-15(2,3)17-10-9-16(7-4-8-16)19-13-14-5-11-18-12-6-14/h14,17H,4-13H2,1-3H3. The van der Waals surface area contributed by atoms with E-state index in [0.29, 0.717) is 0 Å². The second-order valence-corrected chi connectivity index (χ2v) is 7.33.